The number of benzene rings is 1. The molecule has 35 heavy (non-hydrogen) atoms. The van der Waals surface area contributed by atoms with Gasteiger partial charge in [0.15, 0.2) is 6.54 Å². The Balaban J connectivity index is 1.84. The molecule has 0 aliphatic carbocycles. The molecule has 1 fully saturated rings. The molecular formula is C26H37N4O5+. The third kappa shape index (κ3) is 6.75. The average Bonchev–Trinajstić information content (AvgIpc) is 3.18. The molecule has 3 rings (SSSR count). The molecule has 2 amide bonds. The number of Topliss-reactive ketones (excluding diaryl/α,β-unsaturated/α-hetero) is 2. The van der Waals surface area contributed by atoms with E-state index < -0.39 is 17.6 Å². The molecule has 2 heterocycles. The van der Waals surface area contributed by atoms with Crippen molar-refractivity contribution in [2.75, 3.05) is 19.6 Å². The van der Waals surface area contributed by atoms with E-state index in [0.29, 0.717) is 31.6 Å². The van der Waals surface area contributed by atoms with Gasteiger partial charge in [0.05, 0.1) is 19.6 Å². The smallest absolute Gasteiger partial charge is 0.384 e. The van der Waals surface area contributed by atoms with Crippen molar-refractivity contribution < 1.29 is 23.3 Å². The van der Waals surface area contributed by atoms with Crippen LogP contribution in [0.3, 0.4) is 0 Å². The second kappa shape index (κ2) is 11.6. The second-order valence-electron chi connectivity index (χ2n) is 10.3. The normalized spacial score (nSPS) is 16.3. The fourth-order valence-electron chi connectivity index (χ4n) is 4.55. The molecular weight excluding hydrogens is 448 g/mol. The van der Waals surface area contributed by atoms with Gasteiger partial charge >= 0.3 is 11.8 Å². The standard InChI is InChI=1S/C26H36N4O5/c1-18(2)15-21(23(32)24-28-29(16-19(3)4)26(34)35-24)27-25(33)30(13-9-6-10-14-30)17-22(31)20-11-7-5-8-12-20/h5,7-8,11-12,18-19,21H,6,9-10,13-17H2,1-4H3/p+1/t21-/m0/s1. The Morgan fingerprint density at radius 3 is 2.29 bits per heavy atom. The number of ketones is 2. The fourth-order valence-corrected chi connectivity index (χ4v) is 4.55. The molecule has 1 aliphatic rings. The number of carbonyl (C=O) groups is 3. The quantitative estimate of drug-likeness (QED) is 0.406. The number of nitrogens with zero attached hydrogens (tertiary/aromatic N) is 3. The van der Waals surface area contributed by atoms with Gasteiger partial charge in [-0.15, -0.1) is 5.10 Å². The van der Waals surface area contributed by atoms with E-state index in [1.54, 1.807) is 24.3 Å². The predicted octanol–water partition coefficient (Wildman–Crippen LogP) is 3.68. The first kappa shape index (κ1) is 26.5. The number of hydrogen-bond acceptors (Lipinski definition) is 6. The first-order chi connectivity index (χ1) is 16.6. The zero-order valence-corrected chi connectivity index (χ0v) is 21.2. The minimum Gasteiger partial charge on any atom is -0.384 e. The first-order valence-corrected chi connectivity index (χ1v) is 12.5. The van der Waals surface area contributed by atoms with E-state index in [-0.39, 0.29) is 40.6 Å². The molecule has 0 unspecified atom stereocenters. The molecule has 1 aromatic heterocycles. The maximum atomic E-state index is 13.7. The topological polar surface area (TPSA) is 111 Å². The minimum atomic E-state index is -0.906. The zero-order chi connectivity index (χ0) is 25.6. The van der Waals surface area contributed by atoms with Crippen LogP contribution in [0.1, 0.15) is 74.4 Å². The summed E-state index contributed by atoms with van der Waals surface area (Å²) in [6.45, 7) is 9.20. The molecule has 0 saturated carbocycles. The Bertz CT molecular complexity index is 1080. The monoisotopic (exact) mass is 485 g/mol. The van der Waals surface area contributed by atoms with E-state index >= 15 is 0 Å². The molecule has 2 aromatic rings. The van der Waals surface area contributed by atoms with Gasteiger partial charge in [-0.25, -0.2) is 14.1 Å². The van der Waals surface area contributed by atoms with Crippen LogP contribution in [0, 0.1) is 11.8 Å². The van der Waals surface area contributed by atoms with Crippen LogP contribution in [-0.4, -0.2) is 57.5 Å². The maximum Gasteiger partial charge on any atom is 0.437 e. The van der Waals surface area contributed by atoms with E-state index in [9.17, 15) is 19.2 Å². The molecule has 1 aromatic carbocycles. The Kier molecular flexibility index (Phi) is 8.77. The lowest BCUT2D eigenvalue weighted by Gasteiger charge is -2.38. The molecule has 1 N–H and O–H groups in total. The highest BCUT2D eigenvalue weighted by Crippen LogP contribution is 2.22. The number of likely N-dealkylation sites (tertiary alicyclic amines) is 1. The second-order valence-corrected chi connectivity index (χ2v) is 10.3. The van der Waals surface area contributed by atoms with E-state index in [1.165, 1.54) is 0 Å². The number of hydrogen-bond donors (Lipinski definition) is 1. The summed E-state index contributed by atoms with van der Waals surface area (Å²) < 4.78 is 6.25. The van der Waals surface area contributed by atoms with Crippen LogP contribution in [0.2, 0.25) is 0 Å². The van der Waals surface area contributed by atoms with E-state index in [2.05, 4.69) is 10.4 Å². The van der Waals surface area contributed by atoms with Crippen LogP contribution in [0.25, 0.3) is 0 Å². The highest BCUT2D eigenvalue weighted by Gasteiger charge is 2.42. The molecule has 1 atom stereocenters. The first-order valence-electron chi connectivity index (χ1n) is 12.5. The summed E-state index contributed by atoms with van der Waals surface area (Å²) in [6, 6.07) is 7.70. The van der Waals surface area contributed by atoms with Crippen molar-refractivity contribution in [3.05, 3.63) is 52.3 Å². The number of nitrogens with one attached hydrogen (secondary N) is 1. The number of quaternary nitrogens is 1. The third-order valence-electron chi connectivity index (χ3n) is 6.32. The van der Waals surface area contributed by atoms with E-state index in [4.69, 9.17) is 4.42 Å². The van der Waals surface area contributed by atoms with Crippen molar-refractivity contribution in [2.24, 2.45) is 11.8 Å². The van der Waals surface area contributed by atoms with Gasteiger partial charge in [-0.1, -0.05) is 58.0 Å². The Labute approximate surface area is 206 Å². The number of carbonyl (C=O) groups excluding carboxylic acids is 3. The summed E-state index contributed by atoms with van der Waals surface area (Å²) in [5.74, 6) is -1.38. The SMILES string of the molecule is CC(C)C[C@H](NC(=O)[N+]1(CC(=O)c2ccccc2)CCCCC1)C(=O)c1nn(CC(C)C)c(=O)o1. The van der Waals surface area contributed by atoms with Gasteiger partial charge in [0.2, 0.25) is 11.6 Å². The summed E-state index contributed by atoms with van der Waals surface area (Å²) in [5, 5.41) is 6.98. The lowest BCUT2D eigenvalue weighted by atomic mass is 9.99. The van der Waals surface area contributed by atoms with Crippen molar-refractivity contribution in [1.29, 1.82) is 0 Å². The number of amides is 2. The molecule has 1 aliphatic heterocycles. The molecule has 0 spiro atoms. The van der Waals surface area contributed by atoms with E-state index in [0.717, 1.165) is 23.9 Å². The summed E-state index contributed by atoms with van der Waals surface area (Å²) in [5.41, 5.74) is 0.565. The highest BCUT2D eigenvalue weighted by molar-refractivity contribution is 5.99. The largest absolute Gasteiger partial charge is 0.437 e. The van der Waals surface area contributed by atoms with Crippen molar-refractivity contribution >= 4 is 17.6 Å². The maximum absolute atomic E-state index is 13.7. The van der Waals surface area contributed by atoms with Crippen molar-refractivity contribution in [2.45, 2.75) is 66.0 Å². The van der Waals surface area contributed by atoms with Gasteiger partial charge in [0, 0.05) is 5.56 Å². The third-order valence-corrected chi connectivity index (χ3v) is 6.32. The molecule has 9 nitrogen and oxygen atoms in total. The summed E-state index contributed by atoms with van der Waals surface area (Å²) >= 11 is 0. The number of urea groups is 1. The Morgan fingerprint density at radius 2 is 1.69 bits per heavy atom. The van der Waals surface area contributed by atoms with E-state index in [1.807, 2.05) is 33.8 Å². The van der Waals surface area contributed by atoms with Gasteiger partial charge in [-0.05, 0) is 37.5 Å². The van der Waals surface area contributed by atoms with Gasteiger partial charge in [0.25, 0.3) is 5.89 Å². The molecule has 9 heteroatoms. The van der Waals surface area contributed by atoms with Crippen LogP contribution in [-0.2, 0) is 6.54 Å². The van der Waals surface area contributed by atoms with Crippen molar-refractivity contribution in [3.8, 4) is 0 Å². The Morgan fingerprint density at radius 1 is 1.03 bits per heavy atom. The molecule has 190 valence electrons. The number of rotatable bonds is 10. The predicted molar refractivity (Wildman–Crippen MR) is 131 cm³/mol. The number of piperidine rings is 1. The van der Waals surface area contributed by atoms with Crippen molar-refractivity contribution in [3.63, 3.8) is 0 Å². The lowest BCUT2D eigenvalue weighted by molar-refractivity contribution is -0.847. The van der Waals surface area contributed by atoms with Gasteiger partial charge < -0.3 is 4.42 Å². The number of aromatic nitrogens is 2. The zero-order valence-electron chi connectivity index (χ0n) is 21.2. The van der Waals surface area contributed by atoms with Crippen LogP contribution in [0.4, 0.5) is 4.79 Å². The van der Waals surface area contributed by atoms with Crippen molar-refractivity contribution in [1.82, 2.24) is 15.1 Å². The van der Waals surface area contributed by atoms with Crippen LogP contribution in [0.5, 0.6) is 0 Å². The lowest BCUT2D eigenvalue weighted by Crippen LogP contribution is -2.63. The van der Waals surface area contributed by atoms with Crippen LogP contribution >= 0.6 is 0 Å². The Hall–Kier alpha value is -3.07. The van der Waals surface area contributed by atoms with Gasteiger partial charge in [-0.2, -0.15) is 4.68 Å². The molecule has 0 radical (unpaired) electrons. The minimum absolute atomic E-state index is 0.0382. The van der Waals surface area contributed by atoms with Crippen LogP contribution in [0.15, 0.2) is 39.5 Å². The summed E-state index contributed by atoms with van der Waals surface area (Å²) in [4.78, 5) is 52.2. The summed E-state index contributed by atoms with van der Waals surface area (Å²) in [6.07, 6.45) is 3.01. The fraction of sp³-hybridized carbons (Fsp3) is 0.577. The highest BCUT2D eigenvalue weighted by atomic mass is 16.4. The summed E-state index contributed by atoms with van der Waals surface area (Å²) in [7, 11) is 0. The van der Waals surface area contributed by atoms with Gasteiger partial charge in [-0.3, -0.25) is 14.9 Å². The van der Waals surface area contributed by atoms with Crippen LogP contribution < -0.4 is 11.1 Å². The molecule has 1 saturated heterocycles. The molecule has 0 bridgehead atoms. The van der Waals surface area contributed by atoms with Gasteiger partial charge in [0.1, 0.15) is 6.04 Å². The average molecular weight is 486 g/mol.